The fraction of sp³-hybridized carbons (Fsp3) is 0.389. The molecule has 7 heteroatoms. The number of ether oxygens (including phenoxy) is 1. The molecule has 1 unspecified atom stereocenters. The number of thiophene rings is 1. The molecule has 1 aliphatic rings. The van der Waals surface area contributed by atoms with Crippen molar-refractivity contribution in [3.05, 3.63) is 44.7 Å². The quantitative estimate of drug-likeness (QED) is 0.637. The van der Waals surface area contributed by atoms with E-state index in [-0.39, 0.29) is 0 Å². The summed E-state index contributed by atoms with van der Waals surface area (Å²) < 4.78 is 5.31. The second-order valence-corrected chi connectivity index (χ2v) is 7.59. The average molecular weight is 379 g/mol. The number of pyridine rings is 1. The number of amides is 1. The molecule has 0 radical (unpaired) electrons. The van der Waals surface area contributed by atoms with Crippen molar-refractivity contribution in [2.45, 2.75) is 45.1 Å². The van der Waals surface area contributed by atoms with Crippen molar-refractivity contribution < 1.29 is 14.3 Å². The van der Waals surface area contributed by atoms with Gasteiger partial charge in [-0.1, -0.05) is 18.0 Å². The number of nitrogens with one attached hydrogen (secondary N) is 1. The number of aromatic nitrogens is 1. The normalized spacial score (nSPS) is 15.0. The van der Waals surface area contributed by atoms with Gasteiger partial charge in [-0.25, -0.2) is 9.78 Å². The van der Waals surface area contributed by atoms with Gasteiger partial charge in [0.2, 0.25) is 0 Å². The van der Waals surface area contributed by atoms with E-state index in [1.807, 2.05) is 6.07 Å². The lowest BCUT2D eigenvalue weighted by Gasteiger charge is -2.12. The molecule has 1 atom stereocenters. The molecule has 0 spiro atoms. The van der Waals surface area contributed by atoms with Crippen molar-refractivity contribution in [1.29, 1.82) is 0 Å². The van der Waals surface area contributed by atoms with Gasteiger partial charge in [0.05, 0.1) is 5.02 Å². The zero-order chi connectivity index (χ0) is 17.8. The summed E-state index contributed by atoms with van der Waals surface area (Å²) in [6.45, 7) is 1.54. The third-order valence-corrected chi connectivity index (χ3v) is 5.52. The number of hydrogen-bond donors (Lipinski definition) is 1. The fourth-order valence-electron chi connectivity index (χ4n) is 2.72. The maximum absolute atomic E-state index is 12.3. The van der Waals surface area contributed by atoms with Gasteiger partial charge < -0.3 is 10.1 Å². The zero-order valence-electron chi connectivity index (χ0n) is 13.9. The molecule has 1 N–H and O–H groups in total. The maximum atomic E-state index is 12.3. The second kappa shape index (κ2) is 7.97. The van der Waals surface area contributed by atoms with Gasteiger partial charge in [0, 0.05) is 11.1 Å². The molecule has 0 saturated carbocycles. The van der Waals surface area contributed by atoms with Crippen LogP contribution in [-0.2, 0) is 22.4 Å². The molecule has 2 aromatic rings. The van der Waals surface area contributed by atoms with Crippen molar-refractivity contribution in [3.63, 3.8) is 0 Å². The molecule has 0 saturated heterocycles. The van der Waals surface area contributed by atoms with Crippen LogP contribution < -0.4 is 5.32 Å². The summed E-state index contributed by atoms with van der Waals surface area (Å²) in [5, 5.41) is 3.08. The summed E-state index contributed by atoms with van der Waals surface area (Å²) in [4.78, 5) is 30.3. The van der Waals surface area contributed by atoms with E-state index in [2.05, 4.69) is 10.3 Å². The topological polar surface area (TPSA) is 68.3 Å². The molecule has 1 aliphatic carbocycles. The monoisotopic (exact) mass is 378 g/mol. The lowest BCUT2D eigenvalue weighted by molar-refractivity contribution is -0.123. The van der Waals surface area contributed by atoms with Gasteiger partial charge in [0.15, 0.2) is 6.10 Å². The zero-order valence-corrected chi connectivity index (χ0v) is 15.5. The first-order valence-corrected chi connectivity index (χ1v) is 9.47. The Kier molecular flexibility index (Phi) is 5.71. The molecule has 25 heavy (non-hydrogen) atoms. The lowest BCUT2D eigenvalue weighted by atomic mass is 10.1. The maximum Gasteiger partial charge on any atom is 0.349 e. The first kappa shape index (κ1) is 17.9. The highest BCUT2D eigenvalue weighted by Crippen LogP contribution is 2.29. The number of rotatable bonds is 4. The highest BCUT2D eigenvalue weighted by atomic mass is 35.5. The smallest absolute Gasteiger partial charge is 0.349 e. The molecule has 0 aromatic carbocycles. The van der Waals surface area contributed by atoms with Gasteiger partial charge >= 0.3 is 5.97 Å². The van der Waals surface area contributed by atoms with E-state index in [0.717, 1.165) is 25.7 Å². The van der Waals surface area contributed by atoms with Crippen LogP contribution in [0.25, 0.3) is 0 Å². The van der Waals surface area contributed by atoms with E-state index >= 15 is 0 Å². The van der Waals surface area contributed by atoms with Gasteiger partial charge in [0.25, 0.3) is 5.91 Å². The fourth-order valence-corrected chi connectivity index (χ4v) is 3.97. The lowest BCUT2D eigenvalue weighted by Crippen LogP contribution is -2.30. The van der Waals surface area contributed by atoms with Crippen LogP contribution in [-0.4, -0.2) is 23.0 Å². The van der Waals surface area contributed by atoms with Gasteiger partial charge in [0.1, 0.15) is 10.7 Å². The highest BCUT2D eigenvalue weighted by molar-refractivity contribution is 7.14. The number of carbonyl (C=O) groups is 2. The van der Waals surface area contributed by atoms with E-state index < -0.39 is 18.0 Å². The summed E-state index contributed by atoms with van der Waals surface area (Å²) >= 11 is 7.24. The predicted octanol–water partition coefficient (Wildman–Crippen LogP) is 4.25. The number of anilines is 1. The number of halogens is 1. The van der Waals surface area contributed by atoms with Crippen molar-refractivity contribution >= 4 is 40.6 Å². The minimum Gasteiger partial charge on any atom is -0.448 e. The summed E-state index contributed by atoms with van der Waals surface area (Å²) in [6.07, 6.45) is 6.11. The molecule has 0 fully saturated rings. The highest BCUT2D eigenvalue weighted by Gasteiger charge is 2.22. The molecule has 5 nitrogen and oxygen atoms in total. The molecule has 2 heterocycles. The number of esters is 1. The van der Waals surface area contributed by atoms with Gasteiger partial charge in [-0.05, 0) is 56.4 Å². The molecule has 3 rings (SSSR count). The van der Waals surface area contributed by atoms with Crippen LogP contribution in [0, 0.1) is 0 Å². The van der Waals surface area contributed by atoms with Crippen LogP contribution in [0.3, 0.4) is 0 Å². The van der Waals surface area contributed by atoms with E-state index in [4.69, 9.17) is 16.3 Å². The number of hydrogen-bond acceptors (Lipinski definition) is 5. The Hall–Kier alpha value is -1.92. The minimum atomic E-state index is -0.910. The third kappa shape index (κ3) is 4.58. The largest absolute Gasteiger partial charge is 0.448 e. The van der Waals surface area contributed by atoms with E-state index in [1.165, 1.54) is 34.4 Å². The van der Waals surface area contributed by atoms with Crippen molar-refractivity contribution in [2.75, 3.05) is 5.32 Å². The molecular formula is C18H19ClN2O3S. The van der Waals surface area contributed by atoms with Gasteiger partial charge in [-0.15, -0.1) is 11.3 Å². The van der Waals surface area contributed by atoms with E-state index in [9.17, 15) is 9.59 Å². The first-order valence-electron chi connectivity index (χ1n) is 8.28. The van der Waals surface area contributed by atoms with Crippen molar-refractivity contribution in [1.82, 2.24) is 4.98 Å². The molecule has 0 bridgehead atoms. The summed E-state index contributed by atoms with van der Waals surface area (Å²) in [5.41, 5.74) is 1.25. The van der Waals surface area contributed by atoms with Crippen LogP contribution in [0.2, 0.25) is 5.02 Å². The Balaban J connectivity index is 1.60. The van der Waals surface area contributed by atoms with Gasteiger partial charge in [-0.2, -0.15) is 0 Å². The summed E-state index contributed by atoms with van der Waals surface area (Å²) in [7, 11) is 0. The van der Waals surface area contributed by atoms with Crippen LogP contribution in [0.15, 0.2) is 24.4 Å². The molecule has 0 aliphatic heterocycles. The van der Waals surface area contributed by atoms with E-state index in [1.54, 1.807) is 19.1 Å². The minimum absolute atomic E-state index is 0.361. The Morgan fingerprint density at radius 1 is 1.28 bits per heavy atom. The average Bonchev–Trinajstić information content (AvgIpc) is 2.88. The van der Waals surface area contributed by atoms with Crippen LogP contribution >= 0.6 is 22.9 Å². The summed E-state index contributed by atoms with van der Waals surface area (Å²) in [6, 6.07) is 5.13. The molecule has 2 aromatic heterocycles. The van der Waals surface area contributed by atoms with E-state index in [0.29, 0.717) is 15.7 Å². The molecular weight excluding hydrogens is 360 g/mol. The SMILES string of the molecule is CC(OC(=O)c1cc2c(s1)CCCCC2)C(=O)Nc1ccc(Cl)cn1. The Morgan fingerprint density at radius 3 is 2.84 bits per heavy atom. The third-order valence-electron chi connectivity index (χ3n) is 4.08. The van der Waals surface area contributed by atoms with Gasteiger partial charge in [-0.3, -0.25) is 4.79 Å². The van der Waals surface area contributed by atoms with Crippen LogP contribution in [0.5, 0.6) is 0 Å². The number of nitrogens with zero attached hydrogens (tertiary/aromatic N) is 1. The number of aryl methyl sites for hydroxylation is 2. The van der Waals surface area contributed by atoms with Crippen LogP contribution in [0.4, 0.5) is 5.82 Å². The van der Waals surface area contributed by atoms with Crippen LogP contribution in [0.1, 0.15) is 46.3 Å². The number of fused-ring (bicyclic) bond motifs is 1. The second-order valence-electron chi connectivity index (χ2n) is 6.02. The first-order chi connectivity index (χ1) is 12.0. The molecule has 132 valence electrons. The summed E-state index contributed by atoms with van der Waals surface area (Å²) in [5.74, 6) is -0.522. The van der Waals surface area contributed by atoms with Crippen molar-refractivity contribution in [3.8, 4) is 0 Å². The molecule has 1 amide bonds. The Bertz CT molecular complexity index is 750. The Labute approximate surface area is 155 Å². The Morgan fingerprint density at radius 2 is 2.08 bits per heavy atom. The standard InChI is InChI=1S/C18H19ClN2O3S/c1-11(17(22)21-16-8-7-13(19)10-20-16)24-18(23)15-9-12-5-3-2-4-6-14(12)25-15/h7-11H,2-6H2,1H3,(H,20,21,22). The van der Waals surface area contributed by atoms with Crippen molar-refractivity contribution in [2.24, 2.45) is 0 Å². The number of carbonyl (C=O) groups excluding carboxylic acids is 2. The predicted molar refractivity (Wildman–Crippen MR) is 98.3 cm³/mol.